The number of allylic oxidation sites excluding steroid dienone is 1. The van der Waals surface area contributed by atoms with Crippen LogP contribution in [0.2, 0.25) is 0 Å². The Morgan fingerprint density at radius 3 is 2.46 bits per heavy atom. The second-order valence-electron chi connectivity index (χ2n) is 8.43. The third kappa shape index (κ3) is 7.19. The van der Waals surface area contributed by atoms with Gasteiger partial charge in [0.15, 0.2) is 5.69 Å². The number of carbonyl (C=O) groups is 1. The van der Waals surface area contributed by atoms with E-state index in [1.807, 2.05) is 6.08 Å². The molecule has 1 aliphatic rings. The van der Waals surface area contributed by atoms with E-state index in [1.54, 1.807) is 18.2 Å². The lowest BCUT2D eigenvalue weighted by molar-refractivity contribution is -0.145. The summed E-state index contributed by atoms with van der Waals surface area (Å²) in [6.07, 6.45) is 0.138. The van der Waals surface area contributed by atoms with Crippen LogP contribution in [0.1, 0.15) is 30.5 Å². The molecule has 1 aliphatic carbocycles. The highest BCUT2D eigenvalue weighted by Crippen LogP contribution is 2.40. The molecule has 4 rings (SSSR count). The van der Waals surface area contributed by atoms with E-state index in [9.17, 15) is 27.5 Å². The summed E-state index contributed by atoms with van der Waals surface area (Å²) in [6.45, 7) is -0.338. The quantitative estimate of drug-likeness (QED) is 0.309. The molecule has 0 aliphatic heterocycles. The number of nitrogens with zero attached hydrogens (tertiary/aromatic N) is 1. The third-order valence-electron chi connectivity index (χ3n) is 6.04. The summed E-state index contributed by atoms with van der Waals surface area (Å²) >= 11 is 0. The van der Waals surface area contributed by atoms with Gasteiger partial charge in [0.25, 0.3) is 0 Å². The normalized spacial score (nSPS) is 17.6. The monoisotopic (exact) mass is 521 g/mol. The number of halogens is 4. The van der Waals surface area contributed by atoms with Gasteiger partial charge in [0.2, 0.25) is 0 Å². The molecule has 1 N–H and O–H groups in total. The number of hydrogen-bond acceptors (Lipinski definition) is 6. The van der Waals surface area contributed by atoms with Crippen LogP contribution >= 0.6 is 0 Å². The molecule has 37 heavy (non-hydrogen) atoms. The van der Waals surface area contributed by atoms with Crippen LogP contribution in [0.4, 0.5) is 17.6 Å². The molecule has 6 nitrogen and oxygen atoms in total. The number of benzene rings is 2. The largest absolute Gasteiger partial charge is 0.496 e. The summed E-state index contributed by atoms with van der Waals surface area (Å²) in [5, 5.41) is 13.0. The lowest BCUT2D eigenvalue weighted by Gasteiger charge is -2.15. The molecule has 1 aromatic heterocycles. The van der Waals surface area contributed by atoms with E-state index in [2.05, 4.69) is 9.68 Å². The van der Waals surface area contributed by atoms with E-state index in [0.29, 0.717) is 29.7 Å². The Morgan fingerprint density at radius 1 is 1.16 bits per heavy atom. The first kappa shape index (κ1) is 27.9. The highest BCUT2D eigenvalue weighted by atomic mass is 19.4. The molecule has 0 unspecified atom stereocenters. The van der Waals surface area contributed by atoms with Gasteiger partial charge in [-0.15, -0.1) is 0 Å². The van der Waals surface area contributed by atoms with Crippen LogP contribution in [-0.4, -0.2) is 37.1 Å². The molecule has 1 saturated carbocycles. The molecular weight excluding hydrogens is 494 g/mol. The van der Waals surface area contributed by atoms with Gasteiger partial charge in [-0.2, -0.15) is 13.2 Å². The first-order valence-corrected chi connectivity index (χ1v) is 11.5. The van der Waals surface area contributed by atoms with Crippen LogP contribution in [0.5, 0.6) is 5.75 Å². The van der Waals surface area contributed by atoms with Gasteiger partial charge in [0.05, 0.1) is 32.3 Å². The zero-order chi connectivity index (χ0) is 27.0. The van der Waals surface area contributed by atoms with Gasteiger partial charge in [0.1, 0.15) is 17.8 Å². The standard InChI is InChI=1S/C21H22F3NO5.C6H5F/c1-28-18-6-5-13(17-11-30-25-19(17)21(22,23)24)9-16(18)15(10-26)8-12-3-4-14(7-12)20(27)29-2;7-6-4-2-1-3-5-6/h5-6,8-9,11-12,14,26H,3-4,7,10H2,1-2H3;1-5H/b15-8+;/t12-,14+;/m1./s1. The molecule has 0 saturated heterocycles. The number of aliphatic hydroxyl groups is 1. The fraction of sp³-hybridized carbons (Fsp3) is 0.333. The molecule has 2 aromatic carbocycles. The van der Waals surface area contributed by atoms with Crippen molar-refractivity contribution in [1.82, 2.24) is 5.16 Å². The van der Waals surface area contributed by atoms with Crippen molar-refractivity contribution < 1.29 is 41.5 Å². The minimum Gasteiger partial charge on any atom is -0.496 e. The van der Waals surface area contributed by atoms with Crippen LogP contribution in [0.15, 0.2) is 65.4 Å². The zero-order valence-corrected chi connectivity index (χ0v) is 20.3. The van der Waals surface area contributed by atoms with Crippen molar-refractivity contribution in [3.63, 3.8) is 0 Å². The average molecular weight is 522 g/mol. The number of methoxy groups -OCH3 is 2. The number of carbonyl (C=O) groups excluding carboxylic acids is 1. The Balaban J connectivity index is 0.000000468. The molecule has 10 heteroatoms. The molecule has 0 bridgehead atoms. The number of ether oxygens (including phenoxy) is 2. The molecule has 2 atom stereocenters. The maximum Gasteiger partial charge on any atom is 0.437 e. The third-order valence-corrected chi connectivity index (χ3v) is 6.04. The van der Waals surface area contributed by atoms with Gasteiger partial charge < -0.3 is 19.1 Å². The molecule has 3 aromatic rings. The number of aliphatic hydroxyl groups excluding tert-OH is 1. The van der Waals surface area contributed by atoms with E-state index >= 15 is 0 Å². The fourth-order valence-corrected chi connectivity index (χ4v) is 4.25. The van der Waals surface area contributed by atoms with E-state index in [1.165, 1.54) is 44.6 Å². The number of alkyl halides is 3. The summed E-state index contributed by atoms with van der Waals surface area (Å²) in [6, 6.07) is 12.5. The smallest absolute Gasteiger partial charge is 0.437 e. The Bertz CT molecular complexity index is 1210. The molecular formula is C27H27F4NO5. The molecule has 0 radical (unpaired) electrons. The van der Waals surface area contributed by atoms with Crippen LogP contribution in [-0.2, 0) is 15.7 Å². The minimum absolute atomic E-state index is 0.0333. The predicted molar refractivity (Wildman–Crippen MR) is 128 cm³/mol. The van der Waals surface area contributed by atoms with Crippen molar-refractivity contribution in [1.29, 1.82) is 0 Å². The molecule has 0 spiro atoms. The number of hydrogen-bond donors (Lipinski definition) is 1. The van der Waals surface area contributed by atoms with Crippen molar-refractivity contribution >= 4 is 11.5 Å². The number of esters is 1. The fourth-order valence-electron chi connectivity index (χ4n) is 4.25. The summed E-state index contributed by atoms with van der Waals surface area (Å²) in [4.78, 5) is 11.8. The Hall–Kier alpha value is -3.66. The van der Waals surface area contributed by atoms with E-state index in [4.69, 9.17) is 9.47 Å². The minimum atomic E-state index is -4.66. The van der Waals surface area contributed by atoms with Crippen molar-refractivity contribution in [2.24, 2.45) is 11.8 Å². The van der Waals surface area contributed by atoms with Crippen LogP contribution in [0.3, 0.4) is 0 Å². The van der Waals surface area contributed by atoms with Gasteiger partial charge in [-0.05, 0) is 60.6 Å². The van der Waals surface area contributed by atoms with E-state index < -0.39 is 11.9 Å². The van der Waals surface area contributed by atoms with Crippen LogP contribution < -0.4 is 4.74 Å². The van der Waals surface area contributed by atoms with Crippen LogP contribution in [0, 0.1) is 17.7 Å². The van der Waals surface area contributed by atoms with Crippen molar-refractivity contribution in [2.75, 3.05) is 20.8 Å². The average Bonchev–Trinajstić information content (AvgIpc) is 3.57. The highest BCUT2D eigenvalue weighted by molar-refractivity contribution is 5.78. The first-order valence-electron chi connectivity index (χ1n) is 11.5. The number of aromatic nitrogens is 1. The lowest BCUT2D eigenvalue weighted by atomic mass is 9.94. The predicted octanol–water partition coefficient (Wildman–Crippen LogP) is 6.16. The molecule has 0 amide bonds. The topological polar surface area (TPSA) is 81.8 Å². The molecule has 198 valence electrons. The van der Waals surface area contributed by atoms with Crippen molar-refractivity contribution in [2.45, 2.75) is 25.4 Å². The summed E-state index contributed by atoms with van der Waals surface area (Å²) in [7, 11) is 2.79. The summed E-state index contributed by atoms with van der Waals surface area (Å²) in [5.41, 5.74) is -0.111. The summed E-state index contributed by atoms with van der Waals surface area (Å²) in [5.74, 6) is -0.195. The highest BCUT2D eigenvalue weighted by Gasteiger charge is 2.38. The Labute approximate surface area is 211 Å². The SMILES string of the molecule is COC(=O)[C@H]1CC[C@@H](/C=C(\CO)c2cc(-c3conc3C(F)(F)F)ccc2OC)C1.Fc1ccccc1. The maximum atomic E-state index is 13.2. The van der Waals surface area contributed by atoms with Gasteiger partial charge >= 0.3 is 12.1 Å². The second-order valence-corrected chi connectivity index (χ2v) is 8.43. The molecule has 1 heterocycles. The van der Waals surface area contributed by atoms with Gasteiger partial charge in [-0.1, -0.05) is 35.5 Å². The maximum absolute atomic E-state index is 13.2. The van der Waals surface area contributed by atoms with Crippen LogP contribution in [0.25, 0.3) is 16.7 Å². The Morgan fingerprint density at radius 2 is 1.89 bits per heavy atom. The van der Waals surface area contributed by atoms with Crippen molar-refractivity contribution in [3.05, 3.63) is 77.9 Å². The second kappa shape index (κ2) is 12.5. The summed E-state index contributed by atoms with van der Waals surface area (Å²) < 4.78 is 66.2. The van der Waals surface area contributed by atoms with E-state index in [0.717, 1.165) is 12.7 Å². The Kier molecular flexibility index (Phi) is 9.46. The van der Waals surface area contributed by atoms with Gasteiger partial charge in [0, 0.05) is 5.56 Å². The van der Waals surface area contributed by atoms with Crippen molar-refractivity contribution in [3.8, 4) is 16.9 Å². The molecule has 1 fully saturated rings. The van der Waals surface area contributed by atoms with E-state index in [-0.39, 0.29) is 41.4 Å². The number of rotatable bonds is 6. The first-order chi connectivity index (χ1) is 17.7. The van der Waals surface area contributed by atoms with Gasteiger partial charge in [-0.3, -0.25) is 4.79 Å². The van der Waals surface area contributed by atoms with Gasteiger partial charge in [-0.25, -0.2) is 4.39 Å². The lowest BCUT2D eigenvalue weighted by Crippen LogP contribution is -2.12. The zero-order valence-electron chi connectivity index (χ0n) is 20.3.